The van der Waals surface area contributed by atoms with E-state index in [1.165, 1.54) is 0 Å². The van der Waals surface area contributed by atoms with Crippen molar-refractivity contribution in [2.24, 2.45) is 11.8 Å². The van der Waals surface area contributed by atoms with E-state index in [0.29, 0.717) is 23.1 Å². The molecule has 0 aliphatic carbocycles. The largest absolute Gasteiger partial charge is 0.481 e. The molecule has 1 amide bonds. The number of rotatable bonds is 7. The summed E-state index contributed by atoms with van der Waals surface area (Å²) in [5.41, 5.74) is 1.96. The first kappa shape index (κ1) is 20.9. The van der Waals surface area contributed by atoms with Crippen molar-refractivity contribution < 1.29 is 24.6 Å². The van der Waals surface area contributed by atoms with E-state index >= 15 is 0 Å². The zero-order valence-electron chi connectivity index (χ0n) is 16.6. The third-order valence-electron chi connectivity index (χ3n) is 5.35. The van der Waals surface area contributed by atoms with Crippen LogP contribution in [0.4, 0.5) is 5.69 Å². The number of nitrogens with one attached hydrogen (secondary N) is 2. The molecule has 8 nitrogen and oxygen atoms in total. The van der Waals surface area contributed by atoms with Crippen molar-refractivity contribution in [2.75, 3.05) is 18.4 Å². The lowest BCUT2D eigenvalue weighted by molar-refractivity contribution is -0.144. The fourth-order valence-electron chi connectivity index (χ4n) is 4.30. The number of aliphatic carboxylic acids is 2. The molecule has 4 N–H and O–H groups in total. The molecule has 3 rings (SSSR count). The maximum atomic E-state index is 12.2. The Bertz CT molecular complexity index is 912. The predicted molar refractivity (Wildman–Crippen MR) is 109 cm³/mol. The van der Waals surface area contributed by atoms with Crippen molar-refractivity contribution in [1.82, 2.24) is 9.88 Å². The summed E-state index contributed by atoms with van der Waals surface area (Å²) < 4.78 is 0. The third kappa shape index (κ3) is 4.95. The van der Waals surface area contributed by atoms with Gasteiger partial charge in [0.05, 0.1) is 6.42 Å². The van der Waals surface area contributed by atoms with Crippen LogP contribution in [0.25, 0.3) is 10.9 Å². The van der Waals surface area contributed by atoms with E-state index in [4.69, 9.17) is 5.11 Å². The summed E-state index contributed by atoms with van der Waals surface area (Å²) in [4.78, 5) is 39.9. The Hall–Kier alpha value is -2.87. The molecule has 8 heteroatoms. The van der Waals surface area contributed by atoms with Crippen molar-refractivity contribution in [2.45, 2.75) is 39.2 Å². The Morgan fingerprint density at radius 2 is 1.86 bits per heavy atom. The molecule has 0 bridgehead atoms. The minimum atomic E-state index is -1.03. The van der Waals surface area contributed by atoms with E-state index in [2.05, 4.69) is 24.1 Å². The van der Waals surface area contributed by atoms with Crippen LogP contribution in [-0.2, 0) is 14.4 Å². The summed E-state index contributed by atoms with van der Waals surface area (Å²) in [6.07, 6.45) is 2.46. The first-order valence-corrected chi connectivity index (χ1v) is 9.84. The Kier molecular flexibility index (Phi) is 6.22. The van der Waals surface area contributed by atoms with Crippen molar-refractivity contribution in [3.05, 3.63) is 30.0 Å². The van der Waals surface area contributed by atoms with Gasteiger partial charge in [-0.25, -0.2) is 0 Å². The Morgan fingerprint density at radius 1 is 1.17 bits per heavy atom. The molecule has 2 heterocycles. The molecule has 1 aliphatic rings. The second-order valence-corrected chi connectivity index (χ2v) is 8.09. The lowest BCUT2D eigenvalue weighted by Gasteiger charge is -2.38. The molecule has 3 atom stereocenters. The molecule has 1 fully saturated rings. The van der Waals surface area contributed by atoms with Gasteiger partial charge in [-0.1, -0.05) is 13.8 Å². The smallest absolute Gasteiger partial charge is 0.325 e. The fourth-order valence-corrected chi connectivity index (χ4v) is 4.30. The van der Waals surface area contributed by atoms with E-state index < -0.39 is 23.9 Å². The van der Waals surface area contributed by atoms with Crippen LogP contribution < -0.4 is 5.32 Å². The van der Waals surface area contributed by atoms with E-state index in [0.717, 1.165) is 30.4 Å². The molecular formula is C21H27N3O5. The third-order valence-corrected chi connectivity index (χ3v) is 5.35. The summed E-state index contributed by atoms with van der Waals surface area (Å²) in [7, 11) is 0. The summed E-state index contributed by atoms with van der Waals surface area (Å²) in [5, 5.41) is 22.1. The van der Waals surface area contributed by atoms with Gasteiger partial charge in [0.25, 0.3) is 0 Å². The second-order valence-electron chi connectivity index (χ2n) is 8.09. The van der Waals surface area contributed by atoms with Crippen molar-refractivity contribution >= 4 is 34.4 Å². The SMILES string of the molecule is C[C@@H]1C[C@H](C)CN(C(C(=O)O)c2c[nH]c3ccc(NC(=O)CCC(=O)O)cc23)C1. The quantitative estimate of drug-likeness (QED) is 0.565. The summed E-state index contributed by atoms with van der Waals surface area (Å²) in [5.74, 6) is -1.47. The van der Waals surface area contributed by atoms with Gasteiger partial charge in [-0.05, 0) is 36.5 Å². The number of H-pyrrole nitrogens is 1. The summed E-state index contributed by atoms with van der Waals surface area (Å²) in [6.45, 7) is 5.72. The highest BCUT2D eigenvalue weighted by atomic mass is 16.4. The number of aromatic nitrogens is 1. The molecule has 0 spiro atoms. The zero-order valence-corrected chi connectivity index (χ0v) is 16.6. The Balaban J connectivity index is 1.88. The monoisotopic (exact) mass is 401 g/mol. The highest BCUT2D eigenvalue weighted by Crippen LogP contribution is 2.34. The average Bonchev–Trinajstić information content (AvgIpc) is 3.02. The molecule has 1 aromatic heterocycles. The van der Waals surface area contributed by atoms with Crippen molar-refractivity contribution in [1.29, 1.82) is 0 Å². The molecule has 1 unspecified atom stereocenters. The van der Waals surface area contributed by atoms with Crippen molar-refractivity contribution in [3.8, 4) is 0 Å². The van der Waals surface area contributed by atoms with Gasteiger partial charge >= 0.3 is 11.9 Å². The molecule has 0 saturated carbocycles. The molecule has 0 radical (unpaired) electrons. The van der Waals surface area contributed by atoms with Gasteiger partial charge in [0.1, 0.15) is 6.04 Å². The summed E-state index contributed by atoms with van der Waals surface area (Å²) >= 11 is 0. The van der Waals surface area contributed by atoms with Crippen LogP contribution in [0, 0.1) is 11.8 Å². The number of hydrogen-bond donors (Lipinski definition) is 4. The Labute approximate surface area is 168 Å². The highest BCUT2D eigenvalue weighted by Gasteiger charge is 2.34. The van der Waals surface area contributed by atoms with Crippen LogP contribution in [0.15, 0.2) is 24.4 Å². The van der Waals surface area contributed by atoms with E-state index in [1.807, 2.05) is 4.90 Å². The number of piperidine rings is 1. The fraction of sp³-hybridized carbons (Fsp3) is 0.476. The Morgan fingerprint density at radius 3 is 2.48 bits per heavy atom. The van der Waals surface area contributed by atoms with Gasteiger partial charge in [0.2, 0.25) is 5.91 Å². The van der Waals surface area contributed by atoms with E-state index in [-0.39, 0.29) is 12.8 Å². The summed E-state index contributed by atoms with van der Waals surface area (Å²) in [6, 6.07) is 4.47. The number of carboxylic acids is 2. The van der Waals surface area contributed by atoms with Crippen LogP contribution in [0.1, 0.15) is 44.7 Å². The number of carbonyl (C=O) groups is 3. The van der Waals surface area contributed by atoms with Gasteiger partial charge in [-0.3, -0.25) is 19.3 Å². The van der Waals surface area contributed by atoms with Gasteiger partial charge in [0, 0.05) is 47.9 Å². The number of nitrogens with zero attached hydrogens (tertiary/aromatic N) is 1. The molecule has 29 heavy (non-hydrogen) atoms. The van der Waals surface area contributed by atoms with Gasteiger partial charge in [0.15, 0.2) is 0 Å². The number of anilines is 1. The van der Waals surface area contributed by atoms with Gasteiger partial charge in [-0.15, -0.1) is 0 Å². The first-order valence-electron chi connectivity index (χ1n) is 9.84. The second kappa shape index (κ2) is 8.65. The standard InChI is InChI=1S/C21H27N3O5/c1-12-7-13(2)11-24(10-12)20(21(28)29)16-9-22-17-4-3-14(8-15(16)17)23-18(25)5-6-19(26)27/h3-4,8-9,12-13,20,22H,5-7,10-11H2,1-2H3,(H,23,25)(H,26,27)(H,28,29)/t12-,13+,20?. The number of hydrogen-bond acceptors (Lipinski definition) is 4. The van der Waals surface area contributed by atoms with E-state index in [9.17, 15) is 19.5 Å². The number of fused-ring (bicyclic) bond motifs is 1. The van der Waals surface area contributed by atoms with E-state index in [1.54, 1.807) is 24.4 Å². The first-order chi connectivity index (χ1) is 13.7. The highest BCUT2D eigenvalue weighted by molar-refractivity contribution is 5.96. The van der Waals surface area contributed by atoms with Crippen LogP contribution in [0.5, 0.6) is 0 Å². The maximum Gasteiger partial charge on any atom is 0.325 e. The van der Waals surface area contributed by atoms with Gasteiger partial charge < -0.3 is 20.5 Å². The molecule has 1 aromatic carbocycles. The van der Waals surface area contributed by atoms with Crippen LogP contribution >= 0.6 is 0 Å². The average molecular weight is 401 g/mol. The normalized spacial score (nSPS) is 21.0. The maximum absolute atomic E-state index is 12.2. The van der Waals surface area contributed by atoms with Crippen LogP contribution in [0.2, 0.25) is 0 Å². The minimum Gasteiger partial charge on any atom is -0.481 e. The number of benzene rings is 1. The zero-order chi connectivity index (χ0) is 21.1. The number of carbonyl (C=O) groups excluding carboxylic acids is 1. The predicted octanol–water partition coefficient (Wildman–Crippen LogP) is 3.07. The number of aromatic amines is 1. The lowest BCUT2D eigenvalue weighted by atomic mass is 9.89. The van der Waals surface area contributed by atoms with Gasteiger partial charge in [-0.2, -0.15) is 0 Å². The van der Waals surface area contributed by atoms with Crippen LogP contribution in [-0.4, -0.2) is 51.0 Å². The van der Waals surface area contributed by atoms with Crippen molar-refractivity contribution in [3.63, 3.8) is 0 Å². The lowest BCUT2D eigenvalue weighted by Crippen LogP contribution is -2.43. The molecule has 1 saturated heterocycles. The molecule has 156 valence electrons. The number of carboxylic acid groups (broad SMARTS) is 2. The number of likely N-dealkylation sites (tertiary alicyclic amines) is 1. The number of amides is 1. The molecule has 1 aliphatic heterocycles. The molecular weight excluding hydrogens is 374 g/mol. The molecule has 2 aromatic rings. The topological polar surface area (TPSA) is 123 Å². The minimum absolute atomic E-state index is 0.116. The van der Waals surface area contributed by atoms with Crippen LogP contribution in [0.3, 0.4) is 0 Å².